The van der Waals surface area contributed by atoms with Crippen LogP contribution in [0, 0.1) is 34.5 Å². The molecule has 0 heterocycles. The molecule has 102 valence electrons. The van der Waals surface area contributed by atoms with Crippen LogP contribution >= 0.6 is 0 Å². The molecule has 2 bridgehead atoms. The third-order valence-corrected chi connectivity index (χ3v) is 7.36. The molecule has 0 aliphatic heterocycles. The van der Waals surface area contributed by atoms with Crippen LogP contribution in [-0.4, -0.2) is 5.78 Å². The number of carbonyl (C=O) groups excluding carboxylic acids is 1. The van der Waals surface area contributed by atoms with Gasteiger partial charge in [0.2, 0.25) is 0 Å². The Morgan fingerprint density at radius 3 is 2.39 bits per heavy atom. The summed E-state index contributed by atoms with van der Waals surface area (Å²) >= 11 is 0. The Balaban J connectivity index is 1.92. The predicted molar refractivity (Wildman–Crippen MR) is 74.2 cm³/mol. The van der Waals surface area contributed by atoms with Crippen molar-refractivity contribution in [3.63, 3.8) is 0 Å². The summed E-state index contributed by atoms with van der Waals surface area (Å²) in [7, 11) is 0. The van der Waals surface area contributed by atoms with E-state index in [0.29, 0.717) is 34.4 Å². The summed E-state index contributed by atoms with van der Waals surface area (Å²) < 4.78 is 0. The molecule has 0 saturated heterocycles. The Kier molecular flexibility index (Phi) is 2.70. The molecule has 5 atom stereocenters. The molecule has 3 saturated carbocycles. The maximum absolute atomic E-state index is 12.4. The number of Topliss-reactive ketones (excluding diaryl/α,β-unsaturated/α-hetero) is 1. The zero-order valence-electron chi connectivity index (χ0n) is 12.5. The van der Waals surface area contributed by atoms with Gasteiger partial charge in [0, 0.05) is 12.3 Å². The second-order valence-corrected chi connectivity index (χ2v) is 8.08. The van der Waals surface area contributed by atoms with E-state index in [9.17, 15) is 4.79 Å². The van der Waals surface area contributed by atoms with E-state index >= 15 is 0 Å². The topological polar surface area (TPSA) is 17.1 Å². The Bertz CT molecular complexity index is 370. The van der Waals surface area contributed by atoms with Crippen LogP contribution in [0.15, 0.2) is 0 Å². The highest BCUT2D eigenvalue weighted by molar-refractivity contribution is 5.82. The molecule has 3 fully saturated rings. The van der Waals surface area contributed by atoms with Gasteiger partial charge < -0.3 is 0 Å². The van der Waals surface area contributed by atoms with Crippen molar-refractivity contribution < 1.29 is 4.79 Å². The molecular formula is C17H28O. The van der Waals surface area contributed by atoms with E-state index in [1.54, 1.807) is 0 Å². The van der Waals surface area contributed by atoms with Crippen LogP contribution in [-0.2, 0) is 4.79 Å². The van der Waals surface area contributed by atoms with Crippen LogP contribution in [0.25, 0.3) is 0 Å². The standard InChI is InChI=1S/C17H28O/c1-11-6-5-7-14(18)15(11)13-10-12-8-9-17(13,4)16(12,2)3/h11-13,15H,5-10H2,1-4H3/t11?,12-,13+,15?,17+/m0/s1. The van der Waals surface area contributed by atoms with Crippen LogP contribution < -0.4 is 0 Å². The Morgan fingerprint density at radius 2 is 1.89 bits per heavy atom. The van der Waals surface area contributed by atoms with Gasteiger partial charge in [0.25, 0.3) is 0 Å². The number of fused-ring (bicyclic) bond motifs is 2. The Labute approximate surface area is 112 Å². The molecule has 0 radical (unpaired) electrons. The van der Waals surface area contributed by atoms with Crippen molar-refractivity contribution in [2.75, 3.05) is 0 Å². The number of hydrogen-bond acceptors (Lipinski definition) is 1. The van der Waals surface area contributed by atoms with Crippen LogP contribution in [0.2, 0.25) is 0 Å². The molecule has 0 aromatic rings. The second-order valence-electron chi connectivity index (χ2n) is 8.08. The molecule has 18 heavy (non-hydrogen) atoms. The molecule has 1 heteroatoms. The van der Waals surface area contributed by atoms with Gasteiger partial charge in [-0.05, 0) is 60.7 Å². The third-order valence-electron chi connectivity index (χ3n) is 7.36. The van der Waals surface area contributed by atoms with Crippen LogP contribution in [0.5, 0.6) is 0 Å². The molecule has 0 aromatic heterocycles. The van der Waals surface area contributed by atoms with Crippen LogP contribution in [0.1, 0.15) is 66.2 Å². The van der Waals surface area contributed by atoms with E-state index in [4.69, 9.17) is 0 Å². The van der Waals surface area contributed by atoms with Gasteiger partial charge in [0.15, 0.2) is 0 Å². The predicted octanol–water partition coefficient (Wildman–Crippen LogP) is 4.45. The van der Waals surface area contributed by atoms with Crippen molar-refractivity contribution in [2.45, 2.75) is 66.2 Å². The van der Waals surface area contributed by atoms with Gasteiger partial charge in [0.05, 0.1) is 0 Å². The van der Waals surface area contributed by atoms with Crippen molar-refractivity contribution in [2.24, 2.45) is 34.5 Å². The van der Waals surface area contributed by atoms with Crippen LogP contribution in [0.3, 0.4) is 0 Å². The summed E-state index contributed by atoms with van der Waals surface area (Å²) in [6, 6.07) is 0. The first-order valence-corrected chi connectivity index (χ1v) is 7.90. The number of hydrogen-bond donors (Lipinski definition) is 0. The summed E-state index contributed by atoms with van der Waals surface area (Å²) in [5, 5.41) is 0. The van der Waals surface area contributed by atoms with E-state index < -0.39 is 0 Å². The smallest absolute Gasteiger partial charge is 0.136 e. The first kappa shape index (κ1) is 12.7. The fraction of sp³-hybridized carbons (Fsp3) is 0.941. The van der Waals surface area contributed by atoms with Crippen molar-refractivity contribution in [3.05, 3.63) is 0 Å². The highest BCUT2D eigenvalue weighted by Gasteiger charge is 2.63. The third kappa shape index (κ3) is 1.42. The highest BCUT2D eigenvalue weighted by Crippen LogP contribution is 2.70. The van der Waals surface area contributed by atoms with Gasteiger partial charge in [-0.1, -0.05) is 27.7 Å². The molecule has 3 aliphatic rings. The lowest BCUT2D eigenvalue weighted by Gasteiger charge is -2.45. The minimum absolute atomic E-state index is 0.383. The average molecular weight is 248 g/mol. The SMILES string of the molecule is CC1CCCC(=O)C1[C@H]1C[C@@H]2CC[C@@]1(C)C2(C)C. The molecule has 3 aliphatic carbocycles. The second kappa shape index (κ2) is 3.84. The van der Waals surface area contributed by atoms with E-state index in [-0.39, 0.29) is 0 Å². The maximum Gasteiger partial charge on any atom is 0.136 e. The summed E-state index contributed by atoms with van der Waals surface area (Å²) in [5.74, 6) is 3.14. The minimum atomic E-state index is 0.383. The summed E-state index contributed by atoms with van der Waals surface area (Å²) in [6.45, 7) is 9.73. The van der Waals surface area contributed by atoms with Crippen molar-refractivity contribution in [1.82, 2.24) is 0 Å². The van der Waals surface area contributed by atoms with E-state index in [2.05, 4.69) is 27.7 Å². The first-order chi connectivity index (χ1) is 8.38. The van der Waals surface area contributed by atoms with Gasteiger partial charge in [-0.15, -0.1) is 0 Å². The van der Waals surface area contributed by atoms with E-state index in [1.165, 1.54) is 25.7 Å². The lowest BCUT2D eigenvalue weighted by Crippen LogP contribution is -2.42. The minimum Gasteiger partial charge on any atom is -0.299 e. The summed E-state index contributed by atoms with van der Waals surface area (Å²) in [6.07, 6.45) is 7.33. The summed E-state index contributed by atoms with van der Waals surface area (Å²) in [5.41, 5.74) is 0.874. The normalized spacial score (nSPS) is 50.8. The lowest BCUT2D eigenvalue weighted by atomic mass is 9.59. The van der Waals surface area contributed by atoms with Gasteiger partial charge in [-0.25, -0.2) is 0 Å². The van der Waals surface area contributed by atoms with Crippen molar-refractivity contribution in [3.8, 4) is 0 Å². The number of carbonyl (C=O) groups is 1. The molecule has 0 aromatic carbocycles. The summed E-state index contributed by atoms with van der Waals surface area (Å²) in [4.78, 5) is 12.4. The monoisotopic (exact) mass is 248 g/mol. The number of ketones is 1. The largest absolute Gasteiger partial charge is 0.299 e. The van der Waals surface area contributed by atoms with Crippen molar-refractivity contribution in [1.29, 1.82) is 0 Å². The zero-order valence-corrected chi connectivity index (χ0v) is 12.5. The average Bonchev–Trinajstić information content (AvgIpc) is 2.62. The van der Waals surface area contributed by atoms with Gasteiger partial charge in [0.1, 0.15) is 5.78 Å². The van der Waals surface area contributed by atoms with Gasteiger partial charge in [-0.2, -0.15) is 0 Å². The highest BCUT2D eigenvalue weighted by atomic mass is 16.1. The van der Waals surface area contributed by atoms with E-state index in [0.717, 1.165) is 18.8 Å². The molecular weight excluding hydrogens is 220 g/mol. The quantitative estimate of drug-likeness (QED) is 0.670. The van der Waals surface area contributed by atoms with Gasteiger partial charge >= 0.3 is 0 Å². The molecule has 0 amide bonds. The molecule has 2 unspecified atom stereocenters. The first-order valence-electron chi connectivity index (χ1n) is 7.90. The molecule has 0 spiro atoms. The fourth-order valence-electron chi connectivity index (χ4n) is 5.69. The lowest BCUT2D eigenvalue weighted by molar-refractivity contribution is -0.131. The zero-order chi connectivity index (χ0) is 13.1. The Hall–Kier alpha value is -0.330. The molecule has 1 nitrogen and oxygen atoms in total. The van der Waals surface area contributed by atoms with Crippen LogP contribution in [0.4, 0.5) is 0 Å². The molecule has 0 N–H and O–H groups in total. The fourth-order valence-corrected chi connectivity index (χ4v) is 5.69. The number of rotatable bonds is 1. The molecule has 3 rings (SSSR count). The van der Waals surface area contributed by atoms with Gasteiger partial charge in [-0.3, -0.25) is 4.79 Å². The van der Waals surface area contributed by atoms with E-state index in [1.807, 2.05) is 0 Å². The maximum atomic E-state index is 12.4. The van der Waals surface area contributed by atoms with Crippen molar-refractivity contribution >= 4 is 5.78 Å². The Morgan fingerprint density at radius 1 is 1.17 bits per heavy atom.